The minimum atomic E-state index is -0.472. The van der Waals surface area contributed by atoms with Gasteiger partial charge in [-0.1, -0.05) is 4.49 Å². The Labute approximate surface area is 129 Å². The molecule has 1 aliphatic rings. The Balaban J connectivity index is 1.84. The molecule has 0 aliphatic heterocycles. The van der Waals surface area contributed by atoms with Crippen LogP contribution in [0.5, 0.6) is 0 Å². The van der Waals surface area contributed by atoms with E-state index in [9.17, 15) is 4.79 Å². The first-order chi connectivity index (χ1) is 9.78. The molecule has 1 amide bonds. The van der Waals surface area contributed by atoms with Gasteiger partial charge in [0.2, 0.25) is 0 Å². The second kappa shape index (κ2) is 6.27. The van der Waals surface area contributed by atoms with E-state index in [0.29, 0.717) is 19.0 Å². The Morgan fingerprint density at radius 2 is 2.14 bits per heavy atom. The lowest BCUT2D eigenvalue weighted by Gasteiger charge is -2.31. The highest BCUT2D eigenvalue weighted by atomic mass is 32.1. The van der Waals surface area contributed by atoms with E-state index in [-0.39, 0.29) is 11.6 Å². The Hall–Kier alpha value is -1.21. The summed E-state index contributed by atoms with van der Waals surface area (Å²) < 4.78 is 9.14. The van der Waals surface area contributed by atoms with Crippen LogP contribution >= 0.6 is 11.5 Å². The van der Waals surface area contributed by atoms with Crippen molar-refractivity contribution in [2.45, 2.75) is 58.2 Å². The highest BCUT2D eigenvalue weighted by Gasteiger charge is 2.41. The summed E-state index contributed by atoms with van der Waals surface area (Å²) >= 11 is 1.35. The average molecular weight is 312 g/mol. The number of hydrogen-bond acceptors (Lipinski definition) is 6. The molecule has 1 atom stereocenters. The van der Waals surface area contributed by atoms with Gasteiger partial charge < -0.3 is 15.4 Å². The molecule has 1 aromatic heterocycles. The van der Waals surface area contributed by atoms with Crippen molar-refractivity contribution in [3.05, 3.63) is 11.1 Å². The number of carbonyl (C=O) groups excluding carboxylic acids is 1. The Morgan fingerprint density at radius 3 is 2.67 bits per heavy atom. The first-order valence-electron chi connectivity index (χ1n) is 7.26. The third-order valence-corrected chi connectivity index (χ3v) is 4.11. The molecule has 1 saturated carbocycles. The van der Waals surface area contributed by atoms with E-state index < -0.39 is 5.60 Å². The minimum absolute atomic E-state index is 0.138. The maximum absolute atomic E-state index is 11.8. The average Bonchev–Trinajstić information content (AvgIpc) is 3.10. The largest absolute Gasteiger partial charge is 0.444 e. The van der Waals surface area contributed by atoms with E-state index >= 15 is 0 Å². The Bertz CT molecular complexity index is 468. The SMILES string of the molecule is CC(C)(C)OC(=O)NCC(C)(NCc1csnn1)C1CC1. The van der Waals surface area contributed by atoms with Crippen molar-refractivity contribution in [1.82, 2.24) is 20.2 Å². The van der Waals surface area contributed by atoms with Gasteiger partial charge in [0.25, 0.3) is 0 Å². The molecule has 1 fully saturated rings. The molecule has 1 aliphatic carbocycles. The summed E-state index contributed by atoms with van der Waals surface area (Å²) in [7, 11) is 0. The van der Waals surface area contributed by atoms with Crippen LogP contribution < -0.4 is 10.6 Å². The summed E-state index contributed by atoms with van der Waals surface area (Å²) in [5.74, 6) is 0.582. The number of aromatic nitrogens is 2. The van der Waals surface area contributed by atoms with Gasteiger partial charge in [0.1, 0.15) is 5.60 Å². The molecule has 1 heterocycles. The van der Waals surface area contributed by atoms with Gasteiger partial charge in [0.15, 0.2) is 0 Å². The molecule has 0 spiro atoms. The van der Waals surface area contributed by atoms with Crippen molar-refractivity contribution in [2.75, 3.05) is 6.54 Å². The number of nitrogens with zero attached hydrogens (tertiary/aromatic N) is 2. The molecule has 2 N–H and O–H groups in total. The zero-order valence-electron chi connectivity index (χ0n) is 13.1. The van der Waals surface area contributed by atoms with Crippen molar-refractivity contribution in [2.24, 2.45) is 5.92 Å². The topological polar surface area (TPSA) is 76.1 Å². The van der Waals surface area contributed by atoms with Gasteiger partial charge in [-0.15, -0.1) is 5.10 Å². The highest BCUT2D eigenvalue weighted by Crippen LogP contribution is 2.39. The molecule has 118 valence electrons. The molecular formula is C14H24N4O2S. The van der Waals surface area contributed by atoms with Crippen LogP contribution in [0.3, 0.4) is 0 Å². The molecule has 6 nitrogen and oxygen atoms in total. The van der Waals surface area contributed by atoms with Gasteiger partial charge in [-0.3, -0.25) is 0 Å². The zero-order chi connectivity index (χ0) is 15.5. The molecule has 0 bridgehead atoms. The second-order valence-electron chi connectivity index (χ2n) is 6.80. The van der Waals surface area contributed by atoms with Crippen LogP contribution in [0.15, 0.2) is 5.38 Å². The Morgan fingerprint density at radius 1 is 1.43 bits per heavy atom. The fourth-order valence-electron chi connectivity index (χ4n) is 2.20. The quantitative estimate of drug-likeness (QED) is 0.843. The maximum atomic E-state index is 11.8. The third kappa shape index (κ3) is 5.24. The fourth-order valence-corrected chi connectivity index (χ4v) is 2.65. The number of alkyl carbamates (subject to hydrolysis) is 1. The van der Waals surface area contributed by atoms with Gasteiger partial charge in [0.05, 0.1) is 5.69 Å². The minimum Gasteiger partial charge on any atom is -0.444 e. The molecule has 21 heavy (non-hydrogen) atoms. The molecule has 2 rings (SSSR count). The van der Waals surface area contributed by atoms with E-state index in [4.69, 9.17) is 4.74 Å². The molecule has 0 radical (unpaired) electrons. The molecule has 7 heteroatoms. The summed E-state index contributed by atoms with van der Waals surface area (Å²) in [6, 6.07) is 0. The summed E-state index contributed by atoms with van der Waals surface area (Å²) in [6.07, 6.45) is 2.01. The van der Waals surface area contributed by atoms with Gasteiger partial charge in [-0.05, 0) is 58.0 Å². The number of nitrogens with one attached hydrogen (secondary N) is 2. The Kier molecular flexibility index (Phi) is 4.83. The molecule has 0 aromatic carbocycles. The van der Waals surface area contributed by atoms with E-state index in [0.717, 1.165) is 5.69 Å². The van der Waals surface area contributed by atoms with Crippen LogP contribution in [0.25, 0.3) is 0 Å². The van der Waals surface area contributed by atoms with Crippen LogP contribution in [0.1, 0.15) is 46.2 Å². The van der Waals surface area contributed by atoms with Crippen molar-refractivity contribution < 1.29 is 9.53 Å². The number of amides is 1. The van der Waals surface area contributed by atoms with Crippen LogP contribution in [-0.2, 0) is 11.3 Å². The highest BCUT2D eigenvalue weighted by molar-refractivity contribution is 7.03. The number of rotatable bonds is 6. The lowest BCUT2D eigenvalue weighted by Crippen LogP contribution is -2.53. The molecule has 1 aromatic rings. The summed E-state index contributed by atoms with van der Waals surface area (Å²) in [6.45, 7) is 8.94. The molecular weight excluding hydrogens is 288 g/mol. The van der Waals surface area contributed by atoms with Crippen LogP contribution in [0.2, 0.25) is 0 Å². The zero-order valence-corrected chi connectivity index (χ0v) is 13.9. The van der Waals surface area contributed by atoms with E-state index in [2.05, 4.69) is 27.1 Å². The van der Waals surface area contributed by atoms with Crippen LogP contribution in [0, 0.1) is 5.92 Å². The predicted molar refractivity (Wildman–Crippen MR) is 82.1 cm³/mol. The summed E-state index contributed by atoms with van der Waals surface area (Å²) in [5.41, 5.74) is 0.324. The van der Waals surface area contributed by atoms with Crippen molar-refractivity contribution in [1.29, 1.82) is 0 Å². The fraction of sp³-hybridized carbons (Fsp3) is 0.786. The second-order valence-corrected chi connectivity index (χ2v) is 7.41. The number of ether oxygens (including phenoxy) is 1. The molecule has 0 saturated heterocycles. The van der Waals surface area contributed by atoms with Crippen LogP contribution in [-0.4, -0.2) is 33.4 Å². The summed E-state index contributed by atoms with van der Waals surface area (Å²) in [4.78, 5) is 11.8. The number of hydrogen-bond donors (Lipinski definition) is 2. The first-order valence-corrected chi connectivity index (χ1v) is 8.10. The van der Waals surface area contributed by atoms with Gasteiger partial charge in [0, 0.05) is 24.0 Å². The standard InChI is InChI=1S/C14H24N4O2S/c1-13(2,3)20-12(19)15-9-14(4,10-5-6-10)16-7-11-8-21-18-17-11/h8,10,16H,5-7,9H2,1-4H3,(H,15,19). The predicted octanol–water partition coefficient (Wildman–Crippen LogP) is 2.32. The first kappa shape index (κ1) is 16.2. The van der Waals surface area contributed by atoms with E-state index in [1.807, 2.05) is 26.2 Å². The number of carbonyl (C=O) groups is 1. The normalized spacial score (nSPS) is 18.1. The van der Waals surface area contributed by atoms with E-state index in [1.165, 1.54) is 24.4 Å². The summed E-state index contributed by atoms with van der Waals surface area (Å²) in [5, 5.41) is 12.4. The van der Waals surface area contributed by atoms with Gasteiger partial charge in [-0.25, -0.2) is 4.79 Å². The van der Waals surface area contributed by atoms with Crippen molar-refractivity contribution in [3.63, 3.8) is 0 Å². The van der Waals surface area contributed by atoms with E-state index in [1.54, 1.807) is 0 Å². The van der Waals surface area contributed by atoms with Gasteiger partial charge in [-0.2, -0.15) is 0 Å². The van der Waals surface area contributed by atoms with Crippen molar-refractivity contribution >= 4 is 17.6 Å². The monoisotopic (exact) mass is 312 g/mol. The van der Waals surface area contributed by atoms with Crippen molar-refractivity contribution in [3.8, 4) is 0 Å². The van der Waals surface area contributed by atoms with Gasteiger partial charge >= 0.3 is 6.09 Å². The lowest BCUT2D eigenvalue weighted by atomic mass is 9.95. The van der Waals surface area contributed by atoms with Crippen LogP contribution in [0.4, 0.5) is 4.79 Å². The maximum Gasteiger partial charge on any atom is 0.407 e. The lowest BCUT2D eigenvalue weighted by molar-refractivity contribution is 0.0507. The third-order valence-electron chi connectivity index (χ3n) is 3.56. The smallest absolute Gasteiger partial charge is 0.407 e. The molecule has 1 unspecified atom stereocenters.